The van der Waals surface area contributed by atoms with Crippen molar-refractivity contribution in [2.75, 3.05) is 13.2 Å². The van der Waals surface area contributed by atoms with Crippen molar-refractivity contribution in [2.24, 2.45) is 5.92 Å². The standard InChI is InChI=1S/C12H17NO5S2/c1-8(9-2-4-18-5-3-9)13-20(16,17)11-6-10(7-19-11)12(14)15/h6-9,13H,2-5H2,1H3,(H,14,15). The smallest absolute Gasteiger partial charge is 0.336 e. The van der Waals surface area contributed by atoms with Gasteiger partial charge in [-0.1, -0.05) is 0 Å². The van der Waals surface area contributed by atoms with E-state index < -0.39 is 16.0 Å². The van der Waals surface area contributed by atoms with E-state index in [-0.39, 0.29) is 21.7 Å². The first-order valence-corrected chi connectivity index (χ1v) is 8.68. The van der Waals surface area contributed by atoms with Gasteiger partial charge in [-0.05, 0) is 31.7 Å². The quantitative estimate of drug-likeness (QED) is 0.859. The van der Waals surface area contributed by atoms with Crippen molar-refractivity contribution >= 4 is 27.3 Å². The maximum Gasteiger partial charge on any atom is 0.336 e. The van der Waals surface area contributed by atoms with Gasteiger partial charge in [0.1, 0.15) is 4.21 Å². The van der Waals surface area contributed by atoms with Gasteiger partial charge < -0.3 is 9.84 Å². The molecule has 0 saturated carbocycles. The van der Waals surface area contributed by atoms with Gasteiger partial charge in [-0.2, -0.15) is 0 Å². The number of carbonyl (C=O) groups is 1. The SMILES string of the molecule is CC(NS(=O)(=O)c1cc(C(=O)O)cs1)C1CCOCC1. The minimum absolute atomic E-state index is 0.00547. The zero-order chi connectivity index (χ0) is 14.8. The van der Waals surface area contributed by atoms with Gasteiger partial charge in [-0.25, -0.2) is 17.9 Å². The molecule has 2 heterocycles. The Morgan fingerprint density at radius 3 is 2.70 bits per heavy atom. The largest absolute Gasteiger partial charge is 0.478 e. The average Bonchev–Trinajstić information content (AvgIpc) is 2.90. The highest BCUT2D eigenvalue weighted by Crippen LogP contribution is 2.23. The molecule has 1 atom stereocenters. The molecule has 6 nitrogen and oxygen atoms in total. The van der Waals surface area contributed by atoms with E-state index in [1.165, 1.54) is 11.4 Å². The summed E-state index contributed by atoms with van der Waals surface area (Å²) in [4.78, 5) is 10.8. The Morgan fingerprint density at radius 1 is 1.50 bits per heavy atom. The average molecular weight is 319 g/mol. The maximum atomic E-state index is 12.2. The lowest BCUT2D eigenvalue weighted by molar-refractivity contribution is 0.0585. The van der Waals surface area contributed by atoms with E-state index in [0.29, 0.717) is 13.2 Å². The van der Waals surface area contributed by atoms with Gasteiger partial charge in [0.2, 0.25) is 10.0 Å². The number of rotatable bonds is 5. The van der Waals surface area contributed by atoms with Crippen LogP contribution in [0.15, 0.2) is 15.7 Å². The van der Waals surface area contributed by atoms with Crippen LogP contribution in [0.1, 0.15) is 30.1 Å². The molecule has 1 aromatic rings. The molecule has 1 aliphatic heterocycles. The Morgan fingerprint density at radius 2 is 2.15 bits per heavy atom. The first-order valence-electron chi connectivity index (χ1n) is 6.32. The van der Waals surface area contributed by atoms with E-state index in [1.54, 1.807) is 0 Å². The van der Waals surface area contributed by atoms with Gasteiger partial charge in [-0.15, -0.1) is 11.3 Å². The molecule has 1 aromatic heterocycles. The van der Waals surface area contributed by atoms with Crippen LogP contribution in [-0.4, -0.2) is 38.7 Å². The van der Waals surface area contributed by atoms with Crippen LogP contribution in [0.5, 0.6) is 0 Å². The second kappa shape index (κ2) is 6.21. The highest BCUT2D eigenvalue weighted by atomic mass is 32.2. The molecule has 0 spiro atoms. The molecule has 8 heteroatoms. The zero-order valence-corrected chi connectivity index (χ0v) is 12.7. The third kappa shape index (κ3) is 3.57. The fraction of sp³-hybridized carbons (Fsp3) is 0.583. The number of carboxylic acids is 1. The van der Waals surface area contributed by atoms with Gasteiger partial charge in [0.15, 0.2) is 0 Å². The van der Waals surface area contributed by atoms with E-state index in [0.717, 1.165) is 24.2 Å². The third-order valence-electron chi connectivity index (χ3n) is 3.40. The molecular formula is C12H17NO5S2. The Kier molecular flexibility index (Phi) is 4.79. The van der Waals surface area contributed by atoms with E-state index in [4.69, 9.17) is 9.84 Å². The number of hydrogen-bond acceptors (Lipinski definition) is 5. The van der Waals surface area contributed by atoms with Crippen molar-refractivity contribution < 1.29 is 23.1 Å². The number of nitrogens with one attached hydrogen (secondary N) is 1. The molecule has 2 N–H and O–H groups in total. The number of aromatic carboxylic acids is 1. The molecule has 0 aromatic carbocycles. The van der Waals surface area contributed by atoms with Crippen LogP contribution < -0.4 is 4.72 Å². The predicted molar refractivity (Wildman–Crippen MR) is 74.6 cm³/mol. The molecule has 0 bridgehead atoms. The summed E-state index contributed by atoms with van der Waals surface area (Å²) in [6, 6.07) is 0.991. The molecule has 2 rings (SSSR count). The van der Waals surface area contributed by atoms with Gasteiger partial charge >= 0.3 is 5.97 Å². The molecule has 1 fully saturated rings. The fourth-order valence-corrected chi connectivity index (χ4v) is 4.67. The topological polar surface area (TPSA) is 92.7 Å². The molecule has 20 heavy (non-hydrogen) atoms. The number of thiophene rings is 1. The molecule has 0 radical (unpaired) electrons. The second-order valence-corrected chi connectivity index (χ2v) is 7.67. The molecule has 0 amide bonds. The first kappa shape index (κ1) is 15.4. The predicted octanol–water partition coefficient (Wildman–Crippen LogP) is 1.54. The maximum absolute atomic E-state index is 12.2. The lowest BCUT2D eigenvalue weighted by Crippen LogP contribution is -2.40. The van der Waals surface area contributed by atoms with Crippen molar-refractivity contribution in [3.8, 4) is 0 Å². The van der Waals surface area contributed by atoms with Crippen LogP contribution in [0, 0.1) is 5.92 Å². The monoisotopic (exact) mass is 319 g/mol. The molecule has 1 saturated heterocycles. The Bertz CT molecular complexity index is 574. The van der Waals surface area contributed by atoms with E-state index in [9.17, 15) is 13.2 Å². The van der Waals surface area contributed by atoms with Crippen LogP contribution in [0.4, 0.5) is 0 Å². The summed E-state index contributed by atoms with van der Waals surface area (Å²) in [5.74, 6) is -0.877. The first-order chi connectivity index (χ1) is 9.40. The van der Waals surface area contributed by atoms with Crippen LogP contribution in [0.2, 0.25) is 0 Å². The van der Waals surface area contributed by atoms with Crippen molar-refractivity contribution in [3.05, 3.63) is 17.0 Å². The van der Waals surface area contributed by atoms with Gasteiger partial charge in [0.25, 0.3) is 0 Å². The van der Waals surface area contributed by atoms with Crippen molar-refractivity contribution in [1.82, 2.24) is 4.72 Å². The molecule has 1 aliphatic rings. The van der Waals surface area contributed by atoms with E-state index in [2.05, 4.69) is 4.72 Å². The molecule has 0 aliphatic carbocycles. The van der Waals surface area contributed by atoms with Gasteiger partial charge in [-0.3, -0.25) is 0 Å². The number of sulfonamides is 1. The summed E-state index contributed by atoms with van der Waals surface area (Å²) in [6.45, 7) is 3.14. The van der Waals surface area contributed by atoms with Crippen LogP contribution >= 0.6 is 11.3 Å². The normalized spacial score (nSPS) is 18.9. The Hall–Kier alpha value is -0.960. The summed E-state index contributed by atoms with van der Waals surface area (Å²) in [5.41, 5.74) is -0.00547. The van der Waals surface area contributed by atoms with Gasteiger partial charge in [0.05, 0.1) is 5.56 Å². The highest BCUT2D eigenvalue weighted by molar-refractivity contribution is 7.91. The van der Waals surface area contributed by atoms with Gasteiger partial charge in [0, 0.05) is 24.6 Å². The number of ether oxygens (including phenoxy) is 1. The summed E-state index contributed by atoms with van der Waals surface area (Å²) < 4.78 is 32.3. The minimum atomic E-state index is -3.66. The molecular weight excluding hydrogens is 302 g/mol. The summed E-state index contributed by atoms with van der Waals surface area (Å²) in [5, 5.41) is 10.2. The molecule has 1 unspecified atom stereocenters. The van der Waals surface area contributed by atoms with Crippen molar-refractivity contribution in [3.63, 3.8) is 0 Å². The fourth-order valence-electron chi connectivity index (χ4n) is 2.18. The summed E-state index contributed by atoms with van der Waals surface area (Å²) >= 11 is 0.917. The number of carboxylic acid groups (broad SMARTS) is 1. The Labute approximate surface area is 121 Å². The van der Waals surface area contributed by atoms with E-state index in [1.807, 2.05) is 6.92 Å². The van der Waals surface area contributed by atoms with E-state index >= 15 is 0 Å². The summed E-state index contributed by atoms with van der Waals surface area (Å²) in [7, 11) is -3.66. The highest BCUT2D eigenvalue weighted by Gasteiger charge is 2.26. The van der Waals surface area contributed by atoms with Crippen LogP contribution in [0.3, 0.4) is 0 Å². The zero-order valence-electron chi connectivity index (χ0n) is 11.0. The summed E-state index contributed by atoms with van der Waals surface area (Å²) in [6.07, 6.45) is 1.66. The number of hydrogen-bond donors (Lipinski definition) is 2. The lowest BCUT2D eigenvalue weighted by Gasteiger charge is -2.27. The van der Waals surface area contributed by atoms with Crippen LogP contribution in [-0.2, 0) is 14.8 Å². The Balaban J connectivity index is 2.07. The van der Waals surface area contributed by atoms with Crippen LogP contribution in [0.25, 0.3) is 0 Å². The second-order valence-electron chi connectivity index (χ2n) is 4.82. The van der Waals surface area contributed by atoms with Crippen molar-refractivity contribution in [1.29, 1.82) is 0 Å². The lowest BCUT2D eigenvalue weighted by atomic mass is 9.94. The third-order valence-corrected chi connectivity index (χ3v) is 6.40. The molecule has 112 valence electrons. The minimum Gasteiger partial charge on any atom is -0.478 e. The van der Waals surface area contributed by atoms with Crippen molar-refractivity contribution in [2.45, 2.75) is 30.0 Å².